The third kappa shape index (κ3) is 8.44. The van der Waals surface area contributed by atoms with Crippen LogP contribution < -0.4 is 10.6 Å². The molecule has 0 spiro atoms. The molecule has 0 atom stereocenters. The van der Waals surface area contributed by atoms with Gasteiger partial charge in [-0.05, 0) is 66.2 Å². The predicted octanol–water partition coefficient (Wildman–Crippen LogP) is 6.63. The molecular weight excluding hydrogens is 599 g/mol. The molecule has 0 unspecified atom stereocenters. The van der Waals surface area contributed by atoms with Crippen molar-refractivity contribution in [3.63, 3.8) is 0 Å². The molecule has 41 heavy (non-hydrogen) atoms. The molecule has 0 saturated carbocycles. The van der Waals surface area contributed by atoms with Crippen molar-refractivity contribution in [2.45, 2.75) is 26.4 Å². The molecule has 4 aromatic rings. The van der Waals surface area contributed by atoms with Crippen LogP contribution in [-0.4, -0.2) is 38.6 Å². The predicted molar refractivity (Wildman–Crippen MR) is 168 cm³/mol. The Hall–Kier alpha value is -3.61. The van der Waals surface area contributed by atoms with E-state index in [1.54, 1.807) is 30.7 Å². The first-order valence-corrected chi connectivity index (χ1v) is 14.3. The van der Waals surface area contributed by atoms with Crippen molar-refractivity contribution >= 4 is 63.7 Å². The summed E-state index contributed by atoms with van der Waals surface area (Å²) in [6.45, 7) is 3.63. The van der Waals surface area contributed by atoms with Crippen LogP contribution in [0, 0.1) is 18.3 Å². The summed E-state index contributed by atoms with van der Waals surface area (Å²) in [5.74, 6) is -0.142. The van der Waals surface area contributed by atoms with Crippen LogP contribution in [0.15, 0.2) is 73.2 Å². The largest absolute Gasteiger partial charge is 0.354 e. The number of thiocarbonyl (C=S) groups is 1. The first-order chi connectivity index (χ1) is 19.7. The number of halogens is 3. The Morgan fingerprint density at radius 2 is 1.88 bits per heavy atom. The molecule has 1 amide bonds. The maximum Gasteiger partial charge on any atom is 0.226 e. The number of benzene rings is 3. The van der Waals surface area contributed by atoms with Crippen LogP contribution in [0.4, 0.5) is 5.69 Å². The molecule has 210 valence electrons. The molecule has 0 fully saturated rings. The number of nitrogens with one attached hydrogen (secondary N) is 2. The number of aryl methyl sites for hydroxylation is 1. The van der Waals surface area contributed by atoms with Gasteiger partial charge in [-0.25, -0.2) is 4.98 Å². The van der Waals surface area contributed by atoms with E-state index in [-0.39, 0.29) is 12.3 Å². The fourth-order valence-electron chi connectivity index (χ4n) is 4.08. The van der Waals surface area contributed by atoms with Gasteiger partial charge in [0.1, 0.15) is 0 Å². The SMILES string of the molecule is Cc1ccc(NC(=S)N(CCNC(=O)Cc2cncn2Cc2ccc(C#N)cc2)Cc2cccc(Cl)c2Cl)cc1Cl. The summed E-state index contributed by atoms with van der Waals surface area (Å²) in [6.07, 6.45) is 3.54. The van der Waals surface area contributed by atoms with Gasteiger partial charge in [-0.15, -0.1) is 0 Å². The Bertz CT molecular complexity index is 1580. The number of hydrogen-bond acceptors (Lipinski definition) is 4. The molecule has 2 N–H and O–H groups in total. The normalized spacial score (nSPS) is 10.6. The van der Waals surface area contributed by atoms with Gasteiger partial charge in [0.2, 0.25) is 5.91 Å². The van der Waals surface area contributed by atoms with E-state index in [0.717, 1.165) is 28.1 Å². The minimum Gasteiger partial charge on any atom is -0.354 e. The topological polar surface area (TPSA) is 86.0 Å². The maximum atomic E-state index is 12.9. The molecule has 0 aliphatic heterocycles. The van der Waals surface area contributed by atoms with Gasteiger partial charge >= 0.3 is 0 Å². The molecule has 1 heterocycles. The molecular formula is C30H27Cl3N6OS. The van der Waals surface area contributed by atoms with Gasteiger partial charge in [0, 0.05) is 48.8 Å². The number of aromatic nitrogens is 2. The monoisotopic (exact) mass is 624 g/mol. The minimum atomic E-state index is -0.142. The van der Waals surface area contributed by atoms with E-state index < -0.39 is 0 Å². The summed E-state index contributed by atoms with van der Waals surface area (Å²) in [7, 11) is 0. The van der Waals surface area contributed by atoms with Gasteiger partial charge in [0.15, 0.2) is 5.11 Å². The lowest BCUT2D eigenvalue weighted by atomic mass is 10.1. The van der Waals surface area contributed by atoms with Crippen molar-refractivity contribution in [3.8, 4) is 6.07 Å². The molecule has 4 rings (SSSR count). The van der Waals surface area contributed by atoms with Gasteiger partial charge in [0.05, 0.1) is 34.4 Å². The van der Waals surface area contributed by atoms with Crippen LogP contribution >= 0.6 is 47.0 Å². The summed E-state index contributed by atoms with van der Waals surface area (Å²) < 4.78 is 1.92. The summed E-state index contributed by atoms with van der Waals surface area (Å²) in [5, 5.41) is 17.2. The van der Waals surface area contributed by atoms with Crippen molar-refractivity contribution in [2.24, 2.45) is 0 Å². The first-order valence-electron chi connectivity index (χ1n) is 12.7. The van der Waals surface area contributed by atoms with Crippen LogP contribution in [0.25, 0.3) is 0 Å². The summed E-state index contributed by atoms with van der Waals surface area (Å²) in [6, 6.07) is 20.5. The number of amides is 1. The zero-order valence-corrected chi connectivity index (χ0v) is 25.3. The van der Waals surface area contributed by atoms with Gasteiger partial charge in [-0.1, -0.05) is 65.1 Å². The molecule has 0 saturated heterocycles. The third-order valence-electron chi connectivity index (χ3n) is 6.38. The third-order valence-corrected chi connectivity index (χ3v) is 8.01. The number of rotatable bonds is 10. The summed E-state index contributed by atoms with van der Waals surface area (Å²) in [5.41, 5.74) is 4.92. The smallest absolute Gasteiger partial charge is 0.226 e. The lowest BCUT2D eigenvalue weighted by Gasteiger charge is -2.27. The van der Waals surface area contributed by atoms with Crippen LogP contribution in [-0.2, 0) is 24.3 Å². The first kappa shape index (κ1) is 30.4. The molecule has 7 nitrogen and oxygen atoms in total. The highest BCUT2D eigenvalue weighted by Gasteiger charge is 2.16. The van der Waals surface area contributed by atoms with E-state index in [4.69, 9.17) is 52.3 Å². The lowest BCUT2D eigenvalue weighted by molar-refractivity contribution is -0.120. The van der Waals surface area contributed by atoms with E-state index >= 15 is 0 Å². The van der Waals surface area contributed by atoms with E-state index in [1.165, 1.54) is 0 Å². The van der Waals surface area contributed by atoms with Crippen molar-refractivity contribution in [1.29, 1.82) is 5.26 Å². The molecule has 11 heteroatoms. The summed E-state index contributed by atoms with van der Waals surface area (Å²) in [4.78, 5) is 19.0. The van der Waals surface area contributed by atoms with Gasteiger partial charge in [-0.2, -0.15) is 5.26 Å². The van der Waals surface area contributed by atoms with E-state index in [1.807, 2.05) is 58.9 Å². The van der Waals surface area contributed by atoms with Crippen LogP contribution in [0.3, 0.4) is 0 Å². The Labute approximate surface area is 259 Å². The second-order valence-corrected chi connectivity index (χ2v) is 11.0. The van der Waals surface area contributed by atoms with Gasteiger partial charge in [0.25, 0.3) is 0 Å². The summed E-state index contributed by atoms with van der Waals surface area (Å²) >= 11 is 24.7. The molecule has 0 radical (unpaired) electrons. The van der Waals surface area contributed by atoms with Crippen LogP contribution in [0.1, 0.15) is 27.9 Å². The standard InChI is InChI=1S/C30H27Cl3N6OS/c1-20-5-10-24(13-27(20)32)37-30(41)38(18-23-3-2-4-26(31)29(23)33)12-11-36-28(40)14-25-16-35-19-39(25)17-22-8-6-21(15-34)7-9-22/h2-10,13,16,19H,11-12,14,17-18H2,1H3,(H,36,40)(H,37,41). The van der Waals surface area contributed by atoms with Gasteiger partial charge < -0.3 is 20.1 Å². The number of carbonyl (C=O) groups is 1. The number of nitriles is 1. The number of nitrogens with zero attached hydrogens (tertiary/aromatic N) is 4. The minimum absolute atomic E-state index is 0.142. The quantitative estimate of drug-likeness (QED) is 0.193. The molecule has 3 aromatic carbocycles. The zero-order valence-electron chi connectivity index (χ0n) is 22.2. The average molecular weight is 626 g/mol. The second-order valence-electron chi connectivity index (χ2n) is 9.38. The molecule has 0 bridgehead atoms. The van der Waals surface area contributed by atoms with Crippen molar-refractivity contribution in [2.75, 3.05) is 18.4 Å². The van der Waals surface area contributed by atoms with Crippen molar-refractivity contribution < 1.29 is 4.79 Å². The van der Waals surface area contributed by atoms with E-state index in [2.05, 4.69) is 21.7 Å². The van der Waals surface area contributed by atoms with Crippen LogP contribution in [0.5, 0.6) is 0 Å². The number of hydrogen-bond donors (Lipinski definition) is 2. The zero-order chi connectivity index (χ0) is 29.4. The lowest BCUT2D eigenvalue weighted by Crippen LogP contribution is -2.40. The highest BCUT2D eigenvalue weighted by Crippen LogP contribution is 2.27. The molecule has 0 aliphatic carbocycles. The number of anilines is 1. The van der Waals surface area contributed by atoms with E-state index in [0.29, 0.717) is 51.9 Å². The van der Waals surface area contributed by atoms with Gasteiger partial charge in [-0.3, -0.25) is 4.79 Å². The molecule has 1 aromatic heterocycles. The van der Waals surface area contributed by atoms with Crippen molar-refractivity contribution in [3.05, 3.63) is 116 Å². The van der Waals surface area contributed by atoms with E-state index in [9.17, 15) is 4.79 Å². The Kier molecular flexibility index (Phi) is 10.6. The highest BCUT2D eigenvalue weighted by molar-refractivity contribution is 7.80. The average Bonchev–Trinajstić information content (AvgIpc) is 3.38. The number of imidazole rings is 1. The number of carbonyl (C=O) groups excluding carboxylic acids is 1. The molecule has 0 aliphatic rings. The Morgan fingerprint density at radius 3 is 2.61 bits per heavy atom. The fourth-order valence-corrected chi connectivity index (χ4v) is 4.91. The van der Waals surface area contributed by atoms with Crippen molar-refractivity contribution in [1.82, 2.24) is 19.8 Å². The second kappa shape index (κ2) is 14.3. The van der Waals surface area contributed by atoms with Crippen LogP contribution in [0.2, 0.25) is 15.1 Å². The fraction of sp³-hybridized carbons (Fsp3) is 0.200. The Morgan fingerprint density at radius 1 is 1.10 bits per heavy atom. The Balaban J connectivity index is 1.38. The maximum absolute atomic E-state index is 12.9. The highest BCUT2D eigenvalue weighted by atomic mass is 35.5.